The smallest absolute Gasteiger partial charge is 0.435 e. The molecular formula is C25H25N7O2S. The van der Waals surface area contributed by atoms with E-state index in [4.69, 9.17) is 4.74 Å². The maximum Gasteiger partial charge on any atom is 0.435 e. The highest BCUT2D eigenvalue weighted by Crippen LogP contribution is 2.18. The Morgan fingerprint density at radius 3 is 2.74 bits per heavy atom. The van der Waals surface area contributed by atoms with E-state index in [-0.39, 0.29) is 0 Å². The van der Waals surface area contributed by atoms with Gasteiger partial charge in [-0.25, -0.2) is 24.7 Å². The van der Waals surface area contributed by atoms with Crippen molar-refractivity contribution in [2.45, 2.75) is 26.4 Å². The van der Waals surface area contributed by atoms with Gasteiger partial charge in [-0.3, -0.25) is 0 Å². The van der Waals surface area contributed by atoms with Crippen LogP contribution in [-0.4, -0.2) is 60.0 Å². The van der Waals surface area contributed by atoms with Crippen LogP contribution < -0.4 is 5.32 Å². The molecule has 0 saturated carbocycles. The van der Waals surface area contributed by atoms with Crippen molar-refractivity contribution in [3.8, 4) is 23.4 Å². The third-order valence-electron chi connectivity index (χ3n) is 4.60. The Balaban J connectivity index is 1.53. The van der Waals surface area contributed by atoms with Crippen molar-refractivity contribution in [3.05, 3.63) is 60.2 Å². The number of thioether (sulfide) groups is 1. The molecule has 1 aromatic carbocycles. The highest BCUT2D eigenvalue weighted by Gasteiger charge is 2.20. The second kappa shape index (κ2) is 10.5. The lowest BCUT2D eigenvalue weighted by atomic mass is 10.1. The normalized spacial score (nSPS) is 11.1. The second-order valence-corrected chi connectivity index (χ2v) is 9.50. The van der Waals surface area contributed by atoms with Crippen molar-refractivity contribution >= 4 is 34.7 Å². The number of benzene rings is 1. The van der Waals surface area contributed by atoms with Crippen LogP contribution in [0.25, 0.3) is 22.4 Å². The average Bonchev–Trinajstić information content (AvgIpc) is 3.26. The second-order valence-electron chi connectivity index (χ2n) is 8.51. The van der Waals surface area contributed by atoms with Crippen LogP contribution in [0.1, 0.15) is 32.0 Å². The number of fused-ring (bicyclic) bond motifs is 1. The van der Waals surface area contributed by atoms with Crippen LogP contribution in [0, 0.1) is 11.8 Å². The molecule has 4 aromatic rings. The molecule has 4 rings (SSSR count). The predicted molar refractivity (Wildman–Crippen MR) is 137 cm³/mol. The first-order valence-electron chi connectivity index (χ1n) is 10.9. The van der Waals surface area contributed by atoms with E-state index in [0.29, 0.717) is 28.7 Å². The number of hydrogen-bond acceptors (Lipinski definition) is 9. The summed E-state index contributed by atoms with van der Waals surface area (Å²) in [6.07, 6.45) is 6.48. The molecule has 35 heavy (non-hydrogen) atoms. The summed E-state index contributed by atoms with van der Waals surface area (Å²) < 4.78 is 6.66. The number of anilines is 1. The van der Waals surface area contributed by atoms with Crippen LogP contribution in [0.3, 0.4) is 0 Å². The predicted octanol–water partition coefficient (Wildman–Crippen LogP) is 4.24. The van der Waals surface area contributed by atoms with Crippen LogP contribution >= 0.6 is 11.8 Å². The van der Waals surface area contributed by atoms with Crippen LogP contribution in [0.15, 0.2) is 48.9 Å². The number of nitrogens with one attached hydrogen (secondary N) is 1. The monoisotopic (exact) mass is 487 g/mol. The number of carbonyl (C=O) groups is 1. The number of carbonyl (C=O) groups excluding carboxylic acids is 1. The fourth-order valence-corrected chi connectivity index (χ4v) is 3.39. The number of hydrogen-bond donors (Lipinski definition) is 1. The first-order valence-corrected chi connectivity index (χ1v) is 12.3. The standard InChI is InChI=1S/C25H25N7O2S/c1-25(2,3)34-24(33)32-21-8-6-17(15-18(21)16-29-32)5-7-19-9-11-26-22(30-19)20-10-12-27-23(31-20)28-13-14-35-4/h6,8-12,15-16H,13-14H2,1-4H3,(H,27,28,31). The van der Waals surface area contributed by atoms with E-state index < -0.39 is 11.7 Å². The van der Waals surface area contributed by atoms with Crippen molar-refractivity contribution in [2.75, 3.05) is 23.9 Å². The summed E-state index contributed by atoms with van der Waals surface area (Å²) >= 11 is 1.75. The van der Waals surface area contributed by atoms with Gasteiger partial charge in [-0.1, -0.05) is 5.92 Å². The Hall–Kier alpha value is -3.97. The molecule has 0 atom stereocenters. The first-order chi connectivity index (χ1) is 16.8. The molecule has 0 aliphatic heterocycles. The molecule has 0 fully saturated rings. The first kappa shape index (κ1) is 24.2. The van der Waals surface area contributed by atoms with E-state index in [1.54, 1.807) is 48.6 Å². The lowest BCUT2D eigenvalue weighted by molar-refractivity contribution is 0.0522. The quantitative estimate of drug-likeness (QED) is 0.327. The summed E-state index contributed by atoms with van der Waals surface area (Å²) in [7, 11) is 0. The molecule has 0 aliphatic carbocycles. The molecule has 0 bridgehead atoms. The fraction of sp³-hybridized carbons (Fsp3) is 0.280. The van der Waals surface area contributed by atoms with Gasteiger partial charge >= 0.3 is 6.09 Å². The minimum atomic E-state index is -0.602. The van der Waals surface area contributed by atoms with Gasteiger partial charge in [0.05, 0.1) is 11.7 Å². The number of nitrogens with zero attached hydrogens (tertiary/aromatic N) is 6. The van der Waals surface area contributed by atoms with Gasteiger partial charge in [0.2, 0.25) is 5.95 Å². The Bertz CT molecular complexity index is 1420. The molecule has 3 aromatic heterocycles. The van der Waals surface area contributed by atoms with Crippen molar-refractivity contribution in [3.63, 3.8) is 0 Å². The largest absolute Gasteiger partial charge is 0.442 e. The van der Waals surface area contributed by atoms with E-state index in [2.05, 4.69) is 48.4 Å². The highest BCUT2D eigenvalue weighted by molar-refractivity contribution is 7.98. The number of aromatic nitrogens is 6. The van der Waals surface area contributed by atoms with Crippen LogP contribution in [0.5, 0.6) is 0 Å². The zero-order valence-corrected chi connectivity index (χ0v) is 20.8. The molecule has 10 heteroatoms. The number of rotatable bonds is 5. The molecule has 0 radical (unpaired) electrons. The fourth-order valence-electron chi connectivity index (χ4n) is 3.08. The maximum absolute atomic E-state index is 12.4. The van der Waals surface area contributed by atoms with Gasteiger partial charge in [-0.15, -0.1) is 0 Å². The van der Waals surface area contributed by atoms with Gasteiger partial charge in [0.15, 0.2) is 5.82 Å². The van der Waals surface area contributed by atoms with Gasteiger partial charge in [0.25, 0.3) is 0 Å². The van der Waals surface area contributed by atoms with Gasteiger partial charge in [-0.05, 0) is 63.3 Å². The Kier molecular flexibility index (Phi) is 7.27. The summed E-state index contributed by atoms with van der Waals surface area (Å²) in [5.74, 6) is 8.16. The number of ether oxygens (including phenoxy) is 1. The summed E-state index contributed by atoms with van der Waals surface area (Å²) in [6.45, 7) is 6.22. The molecule has 0 unspecified atom stereocenters. The minimum Gasteiger partial charge on any atom is -0.442 e. The Labute approximate surface area is 207 Å². The molecule has 9 nitrogen and oxygen atoms in total. The van der Waals surface area contributed by atoms with Crippen molar-refractivity contribution in [1.82, 2.24) is 29.7 Å². The zero-order valence-electron chi connectivity index (χ0n) is 19.9. The Morgan fingerprint density at radius 1 is 1.11 bits per heavy atom. The summed E-state index contributed by atoms with van der Waals surface area (Å²) in [5, 5.41) is 8.14. The molecule has 0 amide bonds. The summed E-state index contributed by atoms with van der Waals surface area (Å²) in [6, 6.07) is 9.01. The summed E-state index contributed by atoms with van der Waals surface area (Å²) in [4.78, 5) is 30.0. The average molecular weight is 488 g/mol. The summed E-state index contributed by atoms with van der Waals surface area (Å²) in [5.41, 5.74) is 2.00. The lowest BCUT2D eigenvalue weighted by Gasteiger charge is -2.19. The van der Waals surface area contributed by atoms with Crippen molar-refractivity contribution in [1.29, 1.82) is 0 Å². The molecule has 3 heterocycles. The van der Waals surface area contributed by atoms with E-state index in [1.807, 2.05) is 32.9 Å². The van der Waals surface area contributed by atoms with Crippen LogP contribution in [-0.2, 0) is 4.74 Å². The zero-order chi connectivity index (χ0) is 24.8. The molecule has 0 saturated heterocycles. The third kappa shape index (κ3) is 6.33. The third-order valence-corrected chi connectivity index (χ3v) is 5.21. The molecule has 1 N–H and O–H groups in total. The van der Waals surface area contributed by atoms with Gasteiger partial charge in [-0.2, -0.15) is 21.5 Å². The van der Waals surface area contributed by atoms with Crippen LogP contribution in [0.4, 0.5) is 10.7 Å². The highest BCUT2D eigenvalue weighted by atomic mass is 32.2. The van der Waals surface area contributed by atoms with E-state index in [9.17, 15) is 4.79 Å². The van der Waals surface area contributed by atoms with Crippen LogP contribution in [0.2, 0.25) is 0 Å². The molecule has 0 aliphatic rings. The molecule has 178 valence electrons. The minimum absolute atomic E-state index is 0.473. The topological polar surface area (TPSA) is 108 Å². The molecular weight excluding hydrogens is 462 g/mol. The molecule has 0 spiro atoms. The SMILES string of the molecule is CSCCNc1nccc(-c2nccc(C#Cc3ccc4c(cnn4C(=O)OC(C)(C)C)c3)n2)n1. The lowest BCUT2D eigenvalue weighted by Crippen LogP contribution is -2.27. The van der Waals surface area contributed by atoms with Gasteiger partial charge in [0, 0.05) is 35.6 Å². The van der Waals surface area contributed by atoms with E-state index in [0.717, 1.165) is 23.2 Å². The van der Waals surface area contributed by atoms with Crippen molar-refractivity contribution in [2.24, 2.45) is 0 Å². The maximum atomic E-state index is 12.4. The van der Waals surface area contributed by atoms with E-state index in [1.165, 1.54) is 4.68 Å². The van der Waals surface area contributed by atoms with Gasteiger partial charge in [0.1, 0.15) is 17.0 Å². The van der Waals surface area contributed by atoms with Crippen molar-refractivity contribution < 1.29 is 9.53 Å². The van der Waals surface area contributed by atoms with E-state index >= 15 is 0 Å². The Morgan fingerprint density at radius 2 is 1.94 bits per heavy atom. The van der Waals surface area contributed by atoms with Gasteiger partial charge < -0.3 is 10.1 Å².